The van der Waals surface area contributed by atoms with Crippen molar-refractivity contribution in [1.82, 2.24) is 4.72 Å². The fourth-order valence-electron chi connectivity index (χ4n) is 2.06. The van der Waals surface area contributed by atoms with E-state index in [1.807, 2.05) is 13.0 Å². The number of hydrogen-bond acceptors (Lipinski definition) is 4. The first kappa shape index (κ1) is 15.8. The molecule has 3 N–H and O–H groups in total. The van der Waals surface area contributed by atoms with Crippen LogP contribution < -0.4 is 10.5 Å². The van der Waals surface area contributed by atoms with E-state index in [1.54, 1.807) is 43.5 Å². The minimum Gasteiger partial charge on any atom is -0.469 e. The Balaban J connectivity index is 2.07. The fraction of sp³-hybridized carbons (Fsp3) is 0.333. The Hall–Kier alpha value is -1.63. The predicted molar refractivity (Wildman–Crippen MR) is 81.2 cm³/mol. The lowest BCUT2D eigenvalue weighted by Crippen LogP contribution is -2.34. The van der Waals surface area contributed by atoms with E-state index in [2.05, 4.69) is 4.72 Å². The molecule has 0 aliphatic rings. The van der Waals surface area contributed by atoms with Gasteiger partial charge in [-0.1, -0.05) is 12.1 Å². The van der Waals surface area contributed by atoms with Crippen molar-refractivity contribution >= 4 is 10.0 Å². The van der Waals surface area contributed by atoms with Gasteiger partial charge in [0, 0.05) is 18.5 Å². The van der Waals surface area contributed by atoms with Crippen molar-refractivity contribution < 1.29 is 12.8 Å². The summed E-state index contributed by atoms with van der Waals surface area (Å²) in [4.78, 5) is 0.234. The number of sulfonamides is 1. The molecule has 0 bridgehead atoms. The molecule has 0 amide bonds. The van der Waals surface area contributed by atoms with E-state index < -0.39 is 10.0 Å². The molecular formula is C15H20N2O3S. The standard InChI is InChI=1S/C15H20N2O3S/c1-11(10-14-4-3-9-20-14)17-21(18,19)15-7-5-13(6-8-15)12(2)16/h3-9,11-12,17H,10,16H2,1-2H3. The van der Waals surface area contributed by atoms with Crippen molar-refractivity contribution in [3.63, 3.8) is 0 Å². The maximum atomic E-state index is 12.3. The van der Waals surface area contributed by atoms with Gasteiger partial charge in [-0.2, -0.15) is 0 Å². The first-order valence-corrected chi connectivity index (χ1v) is 8.27. The minimum absolute atomic E-state index is 0.118. The summed E-state index contributed by atoms with van der Waals surface area (Å²) in [5.41, 5.74) is 6.65. The van der Waals surface area contributed by atoms with Crippen molar-refractivity contribution in [3.8, 4) is 0 Å². The molecular weight excluding hydrogens is 288 g/mol. The highest BCUT2D eigenvalue weighted by Gasteiger charge is 2.18. The molecule has 0 aliphatic heterocycles. The van der Waals surface area contributed by atoms with Gasteiger partial charge < -0.3 is 10.2 Å². The SMILES string of the molecule is CC(Cc1ccco1)NS(=O)(=O)c1ccc(C(C)N)cc1. The van der Waals surface area contributed by atoms with E-state index >= 15 is 0 Å². The maximum Gasteiger partial charge on any atom is 0.240 e. The monoisotopic (exact) mass is 308 g/mol. The molecule has 21 heavy (non-hydrogen) atoms. The van der Waals surface area contributed by atoms with E-state index in [0.29, 0.717) is 6.42 Å². The lowest BCUT2D eigenvalue weighted by Gasteiger charge is -2.14. The summed E-state index contributed by atoms with van der Waals surface area (Å²) >= 11 is 0. The van der Waals surface area contributed by atoms with Gasteiger partial charge in [0.05, 0.1) is 11.2 Å². The van der Waals surface area contributed by atoms with Crippen LogP contribution in [0.2, 0.25) is 0 Å². The molecule has 6 heteroatoms. The number of furan rings is 1. The average Bonchev–Trinajstić information content (AvgIpc) is 2.90. The molecule has 5 nitrogen and oxygen atoms in total. The van der Waals surface area contributed by atoms with Crippen molar-refractivity contribution in [2.24, 2.45) is 5.73 Å². The van der Waals surface area contributed by atoms with Crippen LogP contribution in [0.15, 0.2) is 52.0 Å². The molecule has 0 fully saturated rings. The predicted octanol–water partition coefficient (Wildman–Crippen LogP) is 2.21. The molecule has 0 saturated heterocycles. The third-order valence-corrected chi connectivity index (χ3v) is 4.77. The Labute approximate surface area is 125 Å². The molecule has 114 valence electrons. The van der Waals surface area contributed by atoms with Crippen molar-refractivity contribution in [2.75, 3.05) is 0 Å². The Morgan fingerprint density at radius 2 is 1.86 bits per heavy atom. The first-order chi connectivity index (χ1) is 9.88. The van der Waals surface area contributed by atoms with Crippen LogP contribution in [0.1, 0.15) is 31.2 Å². The summed E-state index contributed by atoms with van der Waals surface area (Å²) in [6, 6.07) is 9.83. The summed E-state index contributed by atoms with van der Waals surface area (Å²) < 4.78 is 32.4. The topological polar surface area (TPSA) is 85.3 Å². The summed E-state index contributed by atoms with van der Waals surface area (Å²) in [7, 11) is -3.54. The molecule has 0 radical (unpaired) electrons. The second kappa shape index (κ2) is 6.43. The Kier molecular flexibility index (Phi) is 4.82. The molecule has 2 rings (SSSR count). The van der Waals surface area contributed by atoms with Gasteiger partial charge in [0.1, 0.15) is 5.76 Å². The number of nitrogens with two attached hydrogens (primary N) is 1. The number of hydrogen-bond donors (Lipinski definition) is 2. The van der Waals surface area contributed by atoms with E-state index in [-0.39, 0.29) is 17.0 Å². The highest BCUT2D eigenvalue weighted by atomic mass is 32.2. The highest BCUT2D eigenvalue weighted by Crippen LogP contribution is 2.15. The largest absolute Gasteiger partial charge is 0.469 e. The number of nitrogens with one attached hydrogen (secondary N) is 1. The molecule has 1 aromatic carbocycles. The van der Waals surface area contributed by atoms with Crippen LogP contribution in [-0.4, -0.2) is 14.5 Å². The maximum absolute atomic E-state index is 12.3. The zero-order valence-corrected chi connectivity index (χ0v) is 12.9. The number of benzene rings is 1. The average molecular weight is 308 g/mol. The molecule has 1 aromatic heterocycles. The van der Waals surface area contributed by atoms with Gasteiger partial charge in [0.15, 0.2) is 0 Å². The van der Waals surface area contributed by atoms with E-state index in [1.165, 1.54) is 0 Å². The van der Waals surface area contributed by atoms with Gasteiger partial charge in [-0.05, 0) is 43.7 Å². The number of rotatable bonds is 6. The second-order valence-electron chi connectivity index (χ2n) is 5.16. The third kappa shape index (κ3) is 4.17. The Morgan fingerprint density at radius 1 is 1.19 bits per heavy atom. The van der Waals surface area contributed by atoms with Crippen LogP contribution in [0, 0.1) is 0 Å². The fourth-order valence-corrected chi connectivity index (χ4v) is 3.30. The molecule has 1 heterocycles. The molecule has 2 atom stereocenters. The summed E-state index contributed by atoms with van der Waals surface area (Å²) in [5, 5.41) is 0. The molecule has 0 spiro atoms. The quantitative estimate of drug-likeness (QED) is 0.856. The Morgan fingerprint density at radius 3 is 2.38 bits per heavy atom. The molecule has 2 unspecified atom stereocenters. The zero-order chi connectivity index (χ0) is 15.5. The van der Waals surface area contributed by atoms with Gasteiger partial charge in [-0.15, -0.1) is 0 Å². The highest BCUT2D eigenvalue weighted by molar-refractivity contribution is 7.89. The van der Waals surface area contributed by atoms with E-state index in [9.17, 15) is 8.42 Å². The smallest absolute Gasteiger partial charge is 0.240 e. The second-order valence-corrected chi connectivity index (χ2v) is 6.88. The molecule has 0 aliphatic carbocycles. The lowest BCUT2D eigenvalue weighted by atomic mass is 10.1. The van der Waals surface area contributed by atoms with Crippen molar-refractivity contribution in [3.05, 3.63) is 54.0 Å². The van der Waals surface area contributed by atoms with Crippen molar-refractivity contribution in [2.45, 2.75) is 37.2 Å². The van der Waals surface area contributed by atoms with Gasteiger partial charge >= 0.3 is 0 Å². The van der Waals surface area contributed by atoms with Crippen LogP contribution in [-0.2, 0) is 16.4 Å². The summed E-state index contributed by atoms with van der Waals surface area (Å²) in [6.45, 7) is 3.66. The molecule has 2 aromatic rings. The van der Waals surface area contributed by atoms with Crippen LogP contribution in [0.4, 0.5) is 0 Å². The van der Waals surface area contributed by atoms with Gasteiger partial charge in [0.25, 0.3) is 0 Å². The Bertz CT molecular complexity index is 661. The van der Waals surface area contributed by atoms with Crippen molar-refractivity contribution in [1.29, 1.82) is 0 Å². The van der Waals surface area contributed by atoms with E-state index in [4.69, 9.17) is 10.2 Å². The van der Waals surface area contributed by atoms with Crippen LogP contribution >= 0.6 is 0 Å². The zero-order valence-electron chi connectivity index (χ0n) is 12.1. The van der Waals surface area contributed by atoms with Gasteiger partial charge in [-0.3, -0.25) is 0 Å². The lowest BCUT2D eigenvalue weighted by molar-refractivity contribution is 0.479. The normalized spacial score (nSPS) is 14.8. The first-order valence-electron chi connectivity index (χ1n) is 6.79. The summed E-state index contributed by atoms with van der Waals surface area (Å²) in [6.07, 6.45) is 2.08. The van der Waals surface area contributed by atoms with Crippen LogP contribution in [0.25, 0.3) is 0 Å². The third-order valence-electron chi connectivity index (χ3n) is 3.16. The van der Waals surface area contributed by atoms with Gasteiger partial charge in [0.2, 0.25) is 10.0 Å². The minimum atomic E-state index is -3.54. The van der Waals surface area contributed by atoms with Gasteiger partial charge in [-0.25, -0.2) is 13.1 Å². The van der Waals surface area contributed by atoms with Crippen LogP contribution in [0.5, 0.6) is 0 Å². The summed E-state index contributed by atoms with van der Waals surface area (Å²) in [5.74, 6) is 0.748. The van der Waals surface area contributed by atoms with E-state index in [0.717, 1.165) is 11.3 Å². The van der Waals surface area contributed by atoms with Crippen LogP contribution in [0.3, 0.4) is 0 Å². The molecule has 0 saturated carbocycles.